The van der Waals surface area contributed by atoms with Crippen LogP contribution < -0.4 is 10.5 Å². The Morgan fingerprint density at radius 1 is 1.25 bits per heavy atom. The lowest BCUT2D eigenvalue weighted by molar-refractivity contribution is 0.486. The van der Waals surface area contributed by atoms with Crippen LogP contribution in [0.2, 0.25) is 5.15 Å². The van der Waals surface area contributed by atoms with Gasteiger partial charge in [-0.1, -0.05) is 11.6 Å². The van der Waals surface area contributed by atoms with Gasteiger partial charge in [-0.2, -0.15) is 0 Å². The number of rotatable bonds is 3. The van der Waals surface area contributed by atoms with Crippen LogP contribution in [-0.4, -0.2) is 13.4 Å². The van der Waals surface area contributed by atoms with E-state index in [1.807, 2.05) is 4.72 Å². The average molecular weight is 320 g/mol. The highest BCUT2D eigenvalue weighted by molar-refractivity contribution is 7.92. The summed E-state index contributed by atoms with van der Waals surface area (Å²) in [5.41, 5.74) is 5.15. The molecule has 0 spiro atoms. The largest absolute Gasteiger partial charge is 0.399 e. The van der Waals surface area contributed by atoms with E-state index < -0.39 is 26.6 Å². The molecule has 3 N–H and O–H groups in total. The number of nitrogens with one attached hydrogen (secondary N) is 1. The summed E-state index contributed by atoms with van der Waals surface area (Å²) >= 11 is 5.55. The Balaban J connectivity index is 2.43. The zero-order valence-electron chi connectivity index (χ0n) is 9.77. The number of nitrogens with zero attached hydrogens (tertiary/aromatic N) is 1. The van der Waals surface area contributed by atoms with Gasteiger partial charge >= 0.3 is 0 Å². The molecule has 0 atom stereocenters. The van der Waals surface area contributed by atoms with Crippen LogP contribution in [0, 0.1) is 11.6 Å². The predicted octanol–water partition coefficient (Wildman–Crippen LogP) is 2.40. The van der Waals surface area contributed by atoms with Gasteiger partial charge in [-0.25, -0.2) is 22.2 Å². The first kappa shape index (κ1) is 14.5. The third-order valence-electron chi connectivity index (χ3n) is 2.29. The molecule has 0 aliphatic rings. The second kappa shape index (κ2) is 5.22. The van der Waals surface area contributed by atoms with Crippen molar-refractivity contribution < 1.29 is 17.2 Å². The second-order valence-electron chi connectivity index (χ2n) is 3.79. The van der Waals surface area contributed by atoms with Crippen molar-refractivity contribution in [1.82, 2.24) is 4.98 Å². The normalized spacial score (nSPS) is 11.3. The molecule has 1 heterocycles. The molecule has 5 nitrogen and oxygen atoms in total. The summed E-state index contributed by atoms with van der Waals surface area (Å²) < 4.78 is 52.7. The molecule has 1 aromatic carbocycles. The maximum absolute atomic E-state index is 13.6. The van der Waals surface area contributed by atoms with Gasteiger partial charge in [0.25, 0.3) is 10.0 Å². The lowest BCUT2D eigenvalue weighted by Gasteiger charge is -2.09. The quantitative estimate of drug-likeness (QED) is 0.672. The average Bonchev–Trinajstić information content (AvgIpc) is 2.36. The predicted molar refractivity (Wildman–Crippen MR) is 70.8 cm³/mol. The van der Waals surface area contributed by atoms with Crippen LogP contribution in [0.4, 0.5) is 20.2 Å². The van der Waals surface area contributed by atoms with E-state index in [0.717, 1.165) is 12.3 Å². The summed E-state index contributed by atoms with van der Waals surface area (Å²) in [7, 11) is -4.33. The molecule has 0 amide bonds. The zero-order valence-corrected chi connectivity index (χ0v) is 11.3. The van der Waals surface area contributed by atoms with Crippen LogP contribution in [0.3, 0.4) is 0 Å². The standard InChI is InChI=1S/C11H8ClF2N3O2S/c12-10-2-1-7(5-16-10)17-20(18,19)9-4-6(15)3-8(13)11(9)14/h1-5,17H,15H2. The van der Waals surface area contributed by atoms with Crippen molar-refractivity contribution in [3.8, 4) is 0 Å². The van der Waals surface area contributed by atoms with Crippen LogP contribution in [0.15, 0.2) is 35.4 Å². The third kappa shape index (κ3) is 2.97. The molecule has 106 valence electrons. The Kier molecular flexibility index (Phi) is 3.78. The summed E-state index contributed by atoms with van der Waals surface area (Å²) in [5, 5.41) is 0.161. The minimum absolute atomic E-state index is 0.0524. The van der Waals surface area contributed by atoms with E-state index >= 15 is 0 Å². The lowest BCUT2D eigenvalue weighted by Crippen LogP contribution is -2.16. The molecule has 0 bridgehead atoms. The summed E-state index contributed by atoms with van der Waals surface area (Å²) in [6, 6.07) is 4.19. The highest BCUT2D eigenvalue weighted by atomic mass is 35.5. The minimum atomic E-state index is -4.33. The van der Waals surface area contributed by atoms with Crippen molar-refractivity contribution in [3.05, 3.63) is 47.2 Å². The first-order valence-electron chi connectivity index (χ1n) is 5.18. The maximum atomic E-state index is 13.6. The van der Waals surface area contributed by atoms with E-state index in [2.05, 4.69) is 4.98 Å². The molecule has 2 rings (SSSR count). The first-order chi connectivity index (χ1) is 9.29. The van der Waals surface area contributed by atoms with E-state index in [-0.39, 0.29) is 16.5 Å². The number of sulfonamides is 1. The molecule has 1 aromatic heterocycles. The Labute approximate surface area is 118 Å². The molecule has 0 radical (unpaired) electrons. The fourth-order valence-corrected chi connectivity index (χ4v) is 2.70. The van der Waals surface area contributed by atoms with Crippen molar-refractivity contribution in [3.63, 3.8) is 0 Å². The monoisotopic (exact) mass is 319 g/mol. The highest BCUT2D eigenvalue weighted by Gasteiger charge is 2.23. The Morgan fingerprint density at radius 3 is 2.55 bits per heavy atom. The highest BCUT2D eigenvalue weighted by Crippen LogP contribution is 2.23. The van der Waals surface area contributed by atoms with Gasteiger partial charge in [-0.05, 0) is 24.3 Å². The molecule has 0 saturated carbocycles. The molecule has 2 aromatic rings. The van der Waals surface area contributed by atoms with Gasteiger partial charge in [0.15, 0.2) is 11.6 Å². The number of aromatic nitrogens is 1. The fourth-order valence-electron chi connectivity index (χ4n) is 1.43. The molecule has 0 aliphatic heterocycles. The van der Waals surface area contributed by atoms with Gasteiger partial charge < -0.3 is 5.73 Å². The van der Waals surface area contributed by atoms with Gasteiger partial charge in [-0.3, -0.25) is 4.72 Å². The van der Waals surface area contributed by atoms with Gasteiger partial charge in [0.2, 0.25) is 0 Å². The van der Waals surface area contributed by atoms with Crippen LogP contribution in [0.1, 0.15) is 0 Å². The van der Waals surface area contributed by atoms with Crippen LogP contribution >= 0.6 is 11.6 Å². The number of halogens is 3. The molecule has 9 heteroatoms. The summed E-state index contributed by atoms with van der Waals surface area (Å²) in [4.78, 5) is 2.78. The van der Waals surface area contributed by atoms with E-state index in [4.69, 9.17) is 17.3 Å². The molecular formula is C11H8ClF2N3O2S. The summed E-state index contributed by atoms with van der Waals surface area (Å²) in [5.74, 6) is -2.85. The van der Waals surface area contributed by atoms with E-state index in [9.17, 15) is 17.2 Å². The molecule has 0 aliphatic carbocycles. The number of pyridine rings is 1. The molecule has 0 saturated heterocycles. The number of hydrogen-bond acceptors (Lipinski definition) is 4. The number of anilines is 2. The second-order valence-corrected chi connectivity index (χ2v) is 5.83. The SMILES string of the molecule is Nc1cc(F)c(F)c(S(=O)(=O)Nc2ccc(Cl)nc2)c1. The van der Waals surface area contributed by atoms with E-state index in [0.29, 0.717) is 6.07 Å². The van der Waals surface area contributed by atoms with Crippen molar-refractivity contribution in [2.24, 2.45) is 0 Å². The van der Waals surface area contributed by atoms with Crippen molar-refractivity contribution in [1.29, 1.82) is 0 Å². The van der Waals surface area contributed by atoms with E-state index in [1.54, 1.807) is 0 Å². The molecule has 0 unspecified atom stereocenters. The lowest BCUT2D eigenvalue weighted by atomic mass is 10.3. The number of nitrogens with two attached hydrogens (primary N) is 1. The van der Waals surface area contributed by atoms with Gasteiger partial charge in [-0.15, -0.1) is 0 Å². The van der Waals surface area contributed by atoms with E-state index in [1.165, 1.54) is 12.1 Å². The smallest absolute Gasteiger partial charge is 0.265 e. The Bertz CT molecular complexity index is 751. The van der Waals surface area contributed by atoms with Crippen LogP contribution in [0.25, 0.3) is 0 Å². The van der Waals surface area contributed by atoms with Gasteiger partial charge in [0.1, 0.15) is 10.0 Å². The van der Waals surface area contributed by atoms with Gasteiger partial charge in [0, 0.05) is 5.69 Å². The zero-order chi connectivity index (χ0) is 14.9. The summed E-state index contributed by atoms with van der Waals surface area (Å²) in [6.07, 6.45) is 1.14. The molecule has 20 heavy (non-hydrogen) atoms. The minimum Gasteiger partial charge on any atom is -0.399 e. The van der Waals surface area contributed by atoms with Crippen molar-refractivity contribution >= 4 is 33.0 Å². The third-order valence-corrected chi connectivity index (χ3v) is 3.89. The Morgan fingerprint density at radius 2 is 1.95 bits per heavy atom. The molecule has 0 fully saturated rings. The van der Waals surface area contributed by atoms with Crippen molar-refractivity contribution in [2.75, 3.05) is 10.5 Å². The van der Waals surface area contributed by atoms with Gasteiger partial charge in [0.05, 0.1) is 11.9 Å². The van der Waals surface area contributed by atoms with Crippen molar-refractivity contribution in [2.45, 2.75) is 4.90 Å². The number of benzene rings is 1. The number of nitrogen functional groups attached to an aromatic ring is 1. The topological polar surface area (TPSA) is 85.1 Å². The maximum Gasteiger partial charge on any atom is 0.265 e. The van der Waals surface area contributed by atoms with Crippen LogP contribution in [-0.2, 0) is 10.0 Å². The summed E-state index contributed by atoms with van der Waals surface area (Å²) in [6.45, 7) is 0. The van der Waals surface area contributed by atoms with Crippen LogP contribution in [0.5, 0.6) is 0 Å². The number of hydrogen-bond donors (Lipinski definition) is 2. The first-order valence-corrected chi connectivity index (χ1v) is 7.04. The molecular weight excluding hydrogens is 312 g/mol. The Hall–Kier alpha value is -1.93. The fraction of sp³-hybridized carbons (Fsp3) is 0.